The first-order valence-electron chi connectivity index (χ1n) is 8.99. The minimum absolute atomic E-state index is 0.187. The number of rotatable bonds is 5. The van der Waals surface area contributed by atoms with Crippen LogP contribution in [0.15, 0.2) is 35.2 Å². The lowest BCUT2D eigenvalue weighted by Gasteiger charge is -2.18. The summed E-state index contributed by atoms with van der Waals surface area (Å²) in [5.74, 6) is 0.0403. The molecule has 0 saturated carbocycles. The minimum atomic E-state index is -0.814. The second kappa shape index (κ2) is 9.25. The van der Waals surface area contributed by atoms with Gasteiger partial charge in [-0.2, -0.15) is 0 Å². The van der Waals surface area contributed by atoms with Crippen molar-refractivity contribution >= 4 is 46.0 Å². The molecule has 0 fully saturated rings. The standard InChI is InChI=1S/C20H22N2O4S2/c1-12-8-9-14-15(10-12)28-19(17(14)18(24)22-20(25)26-2)21-16(23)11-27-13-6-4-3-5-7-13/h3-7,12H,8-11H2,1-2H3,(H,21,23)(H,22,24,25)/t12-/m0/s1. The molecule has 1 heterocycles. The number of carbonyl (C=O) groups excluding carboxylic acids is 3. The highest BCUT2D eigenvalue weighted by Gasteiger charge is 2.29. The smallest absolute Gasteiger partial charge is 0.413 e. The number of fused-ring (bicyclic) bond motifs is 1. The van der Waals surface area contributed by atoms with Gasteiger partial charge in [-0.25, -0.2) is 4.79 Å². The fourth-order valence-corrected chi connectivity index (χ4v) is 5.26. The van der Waals surface area contributed by atoms with Crippen molar-refractivity contribution in [3.05, 3.63) is 46.3 Å². The number of alkyl carbamates (subject to hydrolysis) is 1. The highest BCUT2D eigenvalue weighted by molar-refractivity contribution is 8.00. The van der Waals surface area contributed by atoms with Crippen LogP contribution in [0.2, 0.25) is 0 Å². The van der Waals surface area contributed by atoms with E-state index >= 15 is 0 Å². The lowest BCUT2D eigenvalue weighted by molar-refractivity contribution is -0.113. The van der Waals surface area contributed by atoms with E-state index < -0.39 is 12.0 Å². The number of hydrogen-bond acceptors (Lipinski definition) is 6. The fraction of sp³-hybridized carbons (Fsp3) is 0.350. The summed E-state index contributed by atoms with van der Waals surface area (Å²) in [6, 6.07) is 9.65. The molecule has 1 aliphatic rings. The first-order chi connectivity index (χ1) is 13.5. The van der Waals surface area contributed by atoms with Gasteiger partial charge in [-0.3, -0.25) is 14.9 Å². The quantitative estimate of drug-likeness (QED) is 0.714. The maximum absolute atomic E-state index is 12.6. The van der Waals surface area contributed by atoms with Crippen molar-refractivity contribution in [2.75, 3.05) is 18.2 Å². The predicted octanol–water partition coefficient (Wildman–Crippen LogP) is 4.10. The van der Waals surface area contributed by atoms with Gasteiger partial charge in [0.2, 0.25) is 5.91 Å². The summed E-state index contributed by atoms with van der Waals surface area (Å²) >= 11 is 2.85. The molecule has 0 unspecified atom stereocenters. The summed E-state index contributed by atoms with van der Waals surface area (Å²) in [6.07, 6.45) is 1.78. The normalized spacial score (nSPS) is 15.4. The molecule has 1 aliphatic carbocycles. The topological polar surface area (TPSA) is 84.5 Å². The molecular formula is C20H22N2O4S2. The van der Waals surface area contributed by atoms with E-state index in [0.29, 0.717) is 16.5 Å². The van der Waals surface area contributed by atoms with Gasteiger partial charge < -0.3 is 10.1 Å². The molecule has 1 atom stereocenters. The summed E-state index contributed by atoms with van der Waals surface area (Å²) in [6.45, 7) is 2.17. The average Bonchev–Trinajstić information content (AvgIpc) is 3.03. The van der Waals surface area contributed by atoms with E-state index in [0.717, 1.165) is 34.6 Å². The number of thioether (sulfide) groups is 1. The molecule has 8 heteroatoms. The third kappa shape index (κ3) is 4.94. The monoisotopic (exact) mass is 418 g/mol. The van der Waals surface area contributed by atoms with Gasteiger partial charge in [0, 0.05) is 9.77 Å². The van der Waals surface area contributed by atoms with Gasteiger partial charge in [-0.05, 0) is 42.9 Å². The number of imide groups is 1. The van der Waals surface area contributed by atoms with Crippen LogP contribution in [0.25, 0.3) is 0 Å². The van der Waals surface area contributed by atoms with Crippen LogP contribution in [0.5, 0.6) is 0 Å². The molecule has 1 aromatic heterocycles. The second-order valence-electron chi connectivity index (χ2n) is 6.65. The molecule has 28 heavy (non-hydrogen) atoms. The van der Waals surface area contributed by atoms with Gasteiger partial charge >= 0.3 is 6.09 Å². The Morgan fingerprint density at radius 3 is 2.71 bits per heavy atom. The van der Waals surface area contributed by atoms with Crippen LogP contribution in [0.1, 0.15) is 34.1 Å². The van der Waals surface area contributed by atoms with Crippen molar-refractivity contribution in [1.82, 2.24) is 5.32 Å². The van der Waals surface area contributed by atoms with Crippen LogP contribution >= 0.6 is 23.1 Å². The zero-order valence-electron chi connectivity index (χ0n) is 15.7. The fourth-order valence-electron chi connectivity index (χ4n) is 3.11. The van der Waals surface area contributed by atoms with E-state index in [2.05, 4.69) is 22.3 Å². The Labute approximate surface area is 172 Å². The van der Waals surface area contributed by atoms with Crippen LogP contribution in [0.4, 0.5) is 9.80 Å². The molecule has 0 spiro atoms. The molecule has 6 nitrogen and oxygen atoms in total. The third-order valence-corrected chi connectivity index (χ3v) is 6.69. The van der Waals surface area contributed by atoms with E-state index in [9.17, 15) is 14.4 Å². The molecular weight excluding hydrogens is 396 g/mol. The number of anilines is 1. The Morgan fingerprint density at radius 1 is 1.25 bits per heavy atom. The van der Waals surface area contributed by atoms with Crippen LogP contribution in [0.3, 0.4) is 0 Å². The van der Waals surface area contributed by atoms with Gasteiger partial charge in [0.25, 0.3) is 5.91 Å². The highest BCUT2D eigenvalue weighted by atomic mass is 32.2. The molecule has 0 aliphatic heterocycles. The summed E-state index contributed by atoms with van der Waals surface area (Å²) in [5, 5.41) is 5.58. The van der Waals surface area contributed by atoms with Gasteiger partial charge in [-0.15, -0.1) is 23.1 Å². The van der Waals surface area contributed by atoms with Gasteiger partial charge in [0.1, 0.15) is 5.00 Å². The number of ether oxygens (including phenoxy) is 1. The van der Waals surface area contributed by atoms with Gasteiger partial charge in [-0.1, -0.05) is 25.1 Å². The van der Waals surface area contributed by atoms with Gasteiger partial charge in [0.15, 0.2) is 0 Å². The van der Waals surface area contributed by atoms with Crippen LogP contribution in [-0.4, -0.2) is 30.8 Å². The summed E-state index contributed by atoms with van der Waals surface area (Å²) in [4.78, 5) is 38.7. The Balaban J connectivity index is 1.78. The van der Waals surface area contributed by atoms with Crippen molar-refractivity contribution in [3.63, 3.8) is 0 Å². The van der Waals surface area contributed by atoms with Crippen LogP contribution in [-0.2, 0) is 22.4 Å². The molecule has 148 valence electrons. The summed E-state index contributed by atoms with van der Waals surface area (Å²) in [7, 11) is 1.21. The summed E-state index contributed by atoms with van der Waals surface area (Å²) in [5.41, 5.74) is 1.31. The lowest BCUT2D eigenvalue weighted by Crippen LogP contribution is -2.31. The number of nitrogens with one attached hydrogen (secondary N) is 2. The van der Waals surface area contributed by atoms with E-state index in [1.807, 2.05) is 30.3 Å². The van der Waals surface area contributed by atoms with Crippen LogP contribution in [0, 0.1) is 5.92 Å². The molecule has 0 radical (unpaired) electrons. The molecule has 0 bridgehead atoms. The number of carbonyl (C=O) groups is 3. The number of thiophene rings is 1. The predicted molar refractivity (Wildman–Crippen MR) is 111 cm³/mol. The second-order valence-corrected chi connectivity index (χ2v) is 8.81. The van der Waals surface area contributed by atoms with Crippen molar-refractivity contribution in [1.29, 1.82) is 0 Å². The van der Waals surface area contributed by atoms with Crippen molar-refractivity contribution in [2.24, 2.45) is 5.92 Å². The molecule has 0 saturated heterocycles. The number of benzene rings is 1. The summed E-state index contributed by atoms with van der Waals surface area (Å²) < 4.78 is 4.53. The molecule has 3 rings (SSSR count). The van der Waals surface area contributed by atoms with E-state index in [1.54, 1.807) is 0 Å². The molecule has 1 aromatic carbocycles. The number of amides is 3. The minimum Gasteiger partial charge on any atom is -0.453 e. The highest BCUT2D eigenvalue weighted by Crippen LogP contribution is 2.39. The number of hydrogen-bond donors (Lipinski definition) is 2. The third-order valence-electron chi connectivity index (χ3n) is 4.51. The molecule has 2 aromatic rings. The molecule has 2 N–H and O–H groups in total. The SMILES string of the molecule is COC(=O)NC(=O)c1c(NC(=O)CSc2ccccc2)sc2c1CC[C@H](C)C2. The molecule has 3 amide bonds. The Bertz CT molecular complexity index is 880. The first kappa shape index (κ1) is 20.4. The van der Waals surface area contributed by atoms with E-state index in [1.165, 1.54) is 30.2 Å². The zero-order valence-corrected chi connectivity index (χ0v) is 17.4. The Morgan fingerprint density at radius 2 is 2.00 bits per heavy atom. The van der Waals surface area contributed by atoms with Crippen molar-refractivity contribution < 1.29 is 19.1 Å². The Hall–Kier alpha value is -2.32. The van der Waals surface area contributed by atoms with Crippen LogP contribution < -0.4 is 10.6 Å². The maximum Gasteiger partial charge on any atom is 0.413 e. The largest absolute Gasteiger partial charge is 0.453 e. The van der Waals surface area contributed by atoms with Crippen molar-refractivity contribution in [2.45, 2.75) is 31.1 Å². The van der Waals surface area contributed by atoms with E-state index in [-0.39, 0.29) is 11.7 Å². The first-order valence-corrected chi connectivity index (χ1v) is 10.8. The lowest BCUT2D eigenvalue weighted by atomic mass is 9.88. The maximum atomic E-state index is 12.6. The van der Waals surface area contributed by atoms with Gasteiger partial charge in [0.05, 0.1) is 18.4 Å². The Kier molecular flexibility index (Phi) is 6.74. The zero-order chi connectivity index (χ0) is 20.1. The van der Waals surface area contributed by atoms with Crippen molar-refractivity contribution in [3.8, 4) is 0 Å². The average molecular weight is 419 g/mol. The van der Waals surface area contributed by atoms with E-state index in [4.69, 9.17) is 0 Å². The number of methoxy groups -OCH3 is 1.